The van der Waals surface area contributed by atoms with Gasteiger partial charge in [0, 0.05) is 12.1 Å². The van der Waals surface area contributed by atoms with Crippen molar-refractivity contribution in [3.05, 3.63) is 35.6 Å². The van der Waals surface area contributed by atoms with E-state index in [1.54, 1.807) is 18.2 Å². The zero-order chi connectivity index (χ0) is 10.7. The lowest BCUT2D eigenvalue weighted by Gasteiger charge is -2.14. The Hall–Kier alpha value is -1.42. The Labute approximate surface area is 87.2 Å². The first kappa shape index (κ1) is 10.1. The maximum absolute atomic E-state index is 13.4. The summed E-state index contributed by atoms with van der Waals surface area (Å²) in [6.45, 7) is 0.525. The molecule has 1 amide bonds. The van der Waals surface area contributed by atoms with Gasteiger partial charge in [-0.25, -0.2) is 4.39 Å². The second kappa shape index (κ2) is 4.40. The third-order valence-electron chi connectivity index (χ3n) is 2.40. The van der Waals surface area contributed by atoms with Crippen molar-refractivity contribution in [3.63, 3.8) is 0 Å². The Bertz CT molecular complexity index is 367. The van der Waals surface area contributed by atoms with Gasteiger partial charge in [-0.2, -0.15) is 0 Å². The van der Waals surface area contributed by atoms with E-state index < -0.39 is 0 Å². The molecule has 1 aromatic rings. The highest BCUT2D eigenvalue weighted by Gasteiger charge is 2.20. The molecule has 0 aliphatic carbocycles. The molecule has 3 nitrogen and oxygen atoms in total. The molecule has 1 saturated heterocycles. The van der Waals surface area contributed by atoms with Gasteiger partial charge < -0.3 is 10.1 Å². The molecule has 0 spiro atoms. The number of hydrogen-bond acceptors (Lipinski definition) is 2. The zero-order valence-electron chi connectivity index (χ0n) is 8.20. The summed E-state index contributed by atoms with van der Waals surface area (Å²) in [6.07, 6.45) is 0.275. The van der Waals surface area contributed by atoms with Crippen molar-refractivity contribution in [2.45, 2.75) is 12.5 Å². The summed E-state index contributed by atoms with van der Waals surface area (Å²) < 4.78 is 18.7. The van der Waals surface area contributed by atoms with E-state index in [9.17, 15) is 9.18 Å². The normalized spacial score (nSPS) is 21.9. The van der Waals surface area contributed by atoms with Gasteiger partial charge in [-0.15, -0.1) is 0 Å². The first-order valence-corrected chi connectivity index (χ1v) is 4.90. The maximum Gasteiger partial charge on any atom is 0.246 e. The van der Waals surface area contributed by atoms with E-state index in [1.807, 2.05) is 0 Å². The summed E-state index contributed by atoms with van der Waals surface area (Å²) in [7, 11) is 0. The van der Waals surface area contributed by atoms with Crippen LogP contribution in [0.3, 0.4) is 0 Å². The van der Waals surface area contributed by atoms with Gasteiger partial charge in [0.15, 0.2) is 0 Å². The van der Waals surface area contributed by atoms with Crippen LogP contribution in [0.5, 0.6) is 0 Å². The Morgan fingerprint density at radius 1 is 1.40 bits per heavy atom. The van der Waals surface area contributed by atoms with Gasteiger partial charge in [-0.3, -0.25) is 4.79 Å². The number of rotatable bonds is 1. The molecular formula is C11H12FNO2. The van der Waals surface area contributed by atoms with Crippen LogP contribution in [-0.4, -0.2) is 19.1 Å². The number of benzene rings is 1. The molecule has 1 fully saturated rings. The number of ether oxygens (including phenoxy) is 1. The van der Waals surface area contributed by atoms with Gasteiger partial charge in [0.1, 0.15) is 12.4 Å². The molecule has 0 aromatic heterocycles. The Morgan fingerprint density at radius 2 is 2.20 bits per heavy atom. The number of carbonyl (C=O) groups is 1. The van der Waals surface area contributed by atoms with Crippen LogP contribution >= 0.6 is 0 Å². The van der Waals surface area contributed by atoms with Gasteiger partial charge in [-0.05, 0) is 12.5 Å². The van der Waals surface area contributed by atoms with Crippen molar-refractivity contribution in [1.29, 1.82) is 0 Å². The number of carbonyl (C=O) groups excluding carboxylic acids is 1. The Morgan fingerprint density at radius 3 is 3.00 bits per heavy atom. The maximum atomic E-state index is 13.4. The van der Waals surface area contributed by atoms with Crippen LogP contribution in [0.25, 0.3) is 0 Å². The van der Waals surface area contributed by atoms with Crippen molar-refractivity contribution in [1.82, 2.24) is 5.32 Å². The van der Waals surface area contributed by atoms with Crippen molar-refractivity contribution < 1.29 is 13.9 Å². The summed E-state index contributed by atoms with van der Waals surface area (Å²) in [5, 5.41) is 2.68. The molecule has 80 valence electrons. The van der Waals surface area contributed by atoms with Crippen LogP contribution in [0.15, 0.2) is 24.3 Å². The molecule has 0 bridgehead atoms. The number of hydrogen-bond donors (Lipinski definition) is 1. The summed E-state index contributed by atoms with van der Waals surface area (Å²) >= 11 is 0. The van der Waals surface area contributed by atoms with Crippen LogP contribution in [0.4, 0.5) is 4.39 Å². The zero-order valence-corrected chi connectivity index (χ0v) is 8.20. The van der Waals surface area contributed by atoms with E-state index >= 15 is 0 Å². The van der Waals surface area contributed by atoms with E-state index in [4.69, 9.17) is 4.74 Å². The predicted octanol–water partition coefficient (Wildman–Crippen LogP) is 1.40. The fraction of sp³-hybridized carbons (Fsp3) is 0.364. The molecule has 1 heterocycles. The topological polar surface area (TPSA) is 38.3 Å². The molecule has 1 atom stereocenters. The number of nitrogens with one attached hydrogen (secondary N) is 1. The molecule has 1 N–H and O–H groups in total. The molecule has 1 aliphatic rings. The molecule has 1 aliphatic heterocycles. The second-order valence-corrected chi connectivity index (χ2v) is 3.46. The smallest absolute Gasteiger partial charge is 0.246 e. The summed E-state index contributed by atoms with van der Waals surface area (Å²) in [6, 6.07) is 6.50. The summed E-state index contributed by atoms with van der Waals surface area (Å²) in [5.74, 6) is -0.425. The van der Waals surface area contributed by atoms with Crippen molar-refractivity contribution in [2.24, 2.45) is 0 Å². The van der Waals surface area contributed by atoms with Gasteiger partial charge in [0.25, 0.3) is 0 Å². The first-order valence-electron chi connectivity index (χ1n) is 4.90. The first-order chi connectivity index (χ1) is 7.27. The van der Waals surface area contributed by atoms with Crippen LogP contribution in [-0.2, 0) is 9.53 Å². The largest absolute Gasteiger partial charge is 0.364 e. The molecular weight excluding hydrogens is 197 g/mol. The molecule has 1 unspecified atom stereocenters. The van der Waals surface area contributed by atoms with Crippen LogP contribution in [0.2, 0.25) is 0 Å². The lowest BCUT2D eigenvalue weighted by atomic mass is 10.1. The highest BCUT2D eigenvalue weighted by molar-refractivity contribution is 5.77. The summed E-state index contributed by atoms with van der Waals surface area (Å²) in [5.41, 5.74) is 0.522. The van der Waals surface area contributed by atoms with E-state index in [0.29, 0.717) is 18.5 Å². The minimum atomic E-state index is -0.329. The second-order valence-electron chi connectivity index (χ2n) is 3.46. The Balaban J connectivity index is 2.16. The van der Waals surface area contributed by atoms with Gasteiger partial charge in [0.2, 0.25) is 5.91 Å². The molecule has 1 aromatic carbocycles. The highest BCUT2D eigenvalue weighted by atomic mass is 19.1. The fourth-order valence-electron chi connectivity index (χ4n) is 1.63. The minimum absolute atomic E-state index is 0.000991. The molecule has 4 heteroatoms. The van der Waals surface area contributed by atoms with E-state index in [-0.39, 0.29) is 24.4 Å². The lowest BCUT2D eigenvalue weighted by Crippen LogP contribution is -2.24. The number of amides is 1. The molecule has 15 heavy (non-hydrogen) atoms. The SMILES string of the molecule is O=C1COC(c2ccccc2F)CCN1. The van der Waals surface area contributed by atoms with E-state index in [1.165, 1.54) is 6.07 Å². The predicted molar refractivity (Wildman–Crippen MR) is 52.7 cm³/mol. The van der Waals surface area contributed by atoms with Crippen LogP contribution < -0.4 is 5.32 Å². The number of halogens is 1. The molecule has 0 saturated carbocycles. The van der Waals surface area contributed by atoms with Crippen LogP contribution in [0, 0.1) is 5.82 Å². The Kier molecular flexibility index (Phi) is 2.97. The lowest BCUT2D eigenvalue weighted by molar-refractivity contribution is -0.125. The monoisotopic (exact) mass is 209 g/mol. The quantitative estimate of drug-likeness (QED) is 0.759. The van der Waals surface area contributed by atoms with Crippen molar-refractivity contribution >= 4 is 5.91 Å². The van der Waals surface area contributed by atoms with Crippen molar-refractivity contribution in [2.75, 3.05) is 13.2 Å². The third-order valence-corrected chi connectivity index (χ3v) is 2.40. The van der Waals surface area contributed by atoms with E-state index in [2.05, 4.69) is 5.32 Å². The average molecular weight is 209 g/mol. The third kappa shape index (κ3) is 2.33. The van der Waals surface area contributed by atoms with Crippen LogP contribution in [0.1, 0.15) is 18.1 Å². The molecule has 2 rings (SSSR count). The average Bonchev–Trinajstić information content (AvgIpc) is 2.44. The fourth-order valence-corrected chi connectivity index (χ4v) is 1.63. The highest BCUT2D eigenvalue weighted by Crippen LogP contribution is 2.24. The van der Waals surface area contributed by atoms with Gasteiger partial charge in [-0.1, -0.05) is 18.2 Å². The van der Waals surface area contributed by atoms with E-state index in [0.717, 1.165) is 0 Å². The van der Waals surface area contributed by atoms with Gasteiger partial charge in [0.05, 0.1) is 6.10 Å². The van der Waals surface area contributed by atoms with Gasteiger partial charge >= 0.3 is 0 Å². The van der Waals surface area contributed by atoms with Crippen molar-refractivity contribution in [3.8, 4) is 0 Å². The standard InChI is InChI=1S/C11H12FNO2/c12-9-4-2-1-3-8(9)10-5-6-13-11(14)7-15-10/h1-4,10H,5-7H2,(H,13,14). The minimum Gasteiger partial charge on any atom is -0.364 e. The molecule has 0 radical (unpaired) electrons. The summed E-state index contributed by atoms with van der Waals surface area (Å²) in [4.78, 5) is 11.0.